The van der Waals surface area contributed by atoms with Gasteiger partial charge in [0.15, 0.2) is 0 Å². The average Bonchev–Trinajstić information content (AvgIpc) is 2.32. The number of nitrogens with one attached hydrogen (secondary N) is 2. The molecular formula is C10H15N5O4. The number of aromatic nitrogens is 2. The lowest BCUT2D eigenvalue weighted by molar-refractivity contribution is 0.249. The van der Waals surface area contributed by atoms with Crippen LogP contribution < -0.4 is 22.4 Å². The van der Waals surface area contributed by atoms with E-state index in [1.165, 1.54) is 0 Å². The fourth-order valence-electron chi connectivity index (χ4n) is 1.38. The van der Waals surface area contributed by atoms with Crippen LogP contribution in [0.5, 0.6) is 5.88 Å². The van der Waals surface area contributed by atoms with Crippen LogP contribution in [0.25, 0.3) is 0 Å². The van der Waals surface area contributed by atoms with Gasteiger partial charge < -0.3 is 10.8 Å². The minimum Gasteiger partial charge on any atom is -0.494 e. The van der Waals surface area contributed by atoms with Gasteiger partial charge in [-0.05, 0) is 6.42 Å². The summed E-state index contributed by atoms with van der Waals surface area (Å²) in [6.45, 7) is 2.19. The van der Waals surface area contributed by atoms with Gasteiger partial charge in [0.1, 0.15) is 5.56 Å². The van der Waals surface area contributed by atoms with Crippen LogP contribution in [0, 0.1) is 0 Å². The van der Waals surface area contributed by atoms with Gasteiger partial charge in [0.25, 0.3) is 5.56 Å². The monoisotopic (exact) mass is 269 g/mol. The predicted molar refractivity (Wildman–Crippen MR) is 68.2 cm³/mol. The maximum absolute atomic E-state index is 11.5. The number of hydrogen-bond acceptors (Lipinski definition) is 5. The van der Waals surface area contributed by atoms with Gasteiger partial charge in [-0.3, -0.25) is 14.3 Å². The Hall–Kier alpha value is -2.58. The molecule has 0 aliphatic heterocycles. The van der Waals surface area contributed by atoms with Crippen molar-refractivity contribution in [1.82, 2.24) is 15.0 Å². The van der Waals surface area contributed by atoms with Crippen LogP contribution in [0.4, 0.5) is 4.79 Å². The highest BCUT2D eigenvalue weighted by Gasteiger charge is 2.12. The molecule has 0 bridgehead atoms. The van der Waals surface area contributed by atoms with Crippen LogP contribution in [0.3, 0.4) is 0 Å². The largest absolute Gasteiger partial charge is 0.494 e. The number of nitrogens with two attached hydrogens (primary N) is 1. The molecule has 0 spiro atoms. The third-order valence-electron chi connectivity index (χ3n) is 2.31. The molecule has 0 atom stereocenters. The molecule has 1 heterocycles. The zero-order valence-corrected chi connectivity index (χ0v) is 10.3. The molecule has 1 rings (SSSR count). The molecule has 104 valence electrons. The normalized spacial score (nSPS) is 10.8. The van der Waals surface area contributed by atoms with Gasteiger partial charge >= 0.3 is 11.7 Å². The summed E-state index contributed by atoms with van der Waals surface area (Å²) in [4.78, 5) is 35.5. The van der Waals surface area contributed by atoms with E-state index in [9.17, 15) is 19.5 Å². The Morgan fingerprint density at radius 2 is 2.26 bits per heavy atom. The van der Waals surface area contributed by atoms with Crippen LogP contribution in [0.15, 0.2) is 14.7 Å². The van der Waals surface area contributed by atoms with Crippen molar-refractivity contribution in [2.45, 2.75) is 26.3 Å². The fourth-order valence-corrected chi connectivity index (χ4v) is 1.38. The first-order valence-corrected chi connectivity index (χ1v) is 5.62. The van der Waals surface area contributed by atoms with Gasteiger partial charge in [-0.2, -0.15) is 5.10 Å². The van der Waals surface area contributed by atoms with Crippen molar-refractivity contribution in [1.29, 1.82) is 0 Å². The number of rotatable bonds is 5. The fraction of sp³-hybridized carbons (Fsp3) is 0.400. The van der Waals surface area contributed by atoms with Crippen molar-refractivity contribution in [3.8, 4) is 5.88 Å². The number of aromatic amines is 1. The Kier molecular flexibility index (Phi) is 4.86. The zero-order valence-electron chi connectivity index (χ0n) is 10.3. The maximum atomic E-state index is 11.5. The summed E-state index contributed by atoms with van der Waals surface area (Å²) in [5.74, 6) is -0.503. The number of carbonyl (C=O) groups excluding carboxylic acids is 1. The molecule has 9 nitrogen and oxygen atoms in total. The number of H-pyrrole nitrogens is 1. The Bertz CT molecular complexity index is 601. The van der Waals surface area contributed by atoms with Gasteiger partial charge in [-0.15, -0.1) is 0 Å². The summed E-state index contributed by atoms with van der Waals surface area (Å²) in [6, 6.07) is -0.911. The van der Waals surface area contributed by atoms with Crippen molar-refractivity contribution in [2.24, 2.45) is 10.8 Å². The topological polar surface area (TPSA) is 143 Å². The summed E-state index contributed by atoms with van der Waals surface area (Å²) in [7, 11) is 0. The summed E-state index contributed by atoms with van der Waals surface area (Å²) in [6.07, 6.45) is 2.40. The minimum atomic E-state index is -0.911. The van der Waals surface area contributed by atoms with Gasteiger partial charge in [-0.25, -0.2) is 15.0 Å². The summed E-state index contributed by atoms with van der Waals surface area (Å²) >= 11 is 0. The quantitative estimate of drug-likeness (QED) is 0.403. The number of hydrogen-bond donors (Lipinski definition) is 4. The molecule has 2 amide bonds. The van der Waals surface area contributed by atoms with E-state index < -0.39 is 23.2 Å². The molecule has 1 aromatic heterocycles. The van der Waals surface area contributed by atoms with Gasteiger partial charge in [-0.1, -0.05) is 13.3 Å². The summed E-state index contributed by atoms with van der Waals surface area (Å²) < 4.78 is 1.02. The number of primary amides is 1. The Morgan fingerprint density at radius 1 is 1.58 bits per heavy atom. The third-order valence-corrected chi connectivity index (χ3v) is 2.31. The first-order chi connectivity index (χ1) is 8.97. The van der Waals surface area contributed by atoms with E-state index in [2.05, 4.69) is 10.1 Å². The van der Waals surface area contributed by atoms with Crippen molar-refractivity contribution < 1.29 is 9.90 Å². The van der Waals surface area contributed by atoms with Crippen molar-refractivity contribution in [2.75, 3.05) is 0 Å². The van der Waals surface area contributed by atoms with Crippen molar-refractivity contribution >= 4 is 12.2 Å². The SMILES string of the molecule is CCCCn1c(O)c(/C=N/NC(N)=O)c(=O)[nH]c1=O. The van der Waals surface area contributed by atoms with Gasteiger partial charge in [0, 0.05) is 6.54 Å². The minimum absolute atomic E-state index is 0.232. The Morgan fingerprint density at radius 3 is 2.84 bits per heavy atom. The number of amides is 2. The number of nitrogens with zero attached hydrogens (tertiary/aromatic N) is 2. The molecule has 0 radical (unpaired) electrons. The molecule has 0 aromatic carbocycles. The standard InChI is InChI=1S/C10H15N5O4/c1-2-3-4-15-8(17)6(5-12-14-9(11)18)7(16)13-10(15)19/h5,17H,2-4H2,1H3,(H3,11,14,18)(H,13,16,19)/b12-5+. The first-order valence-electron chi connectivity index (χ1n) is 5.62. The van der Waals surface area contributed by atoms with Crippen LogP contribution >= 0.6 is 0 Å². The predicted octanol–water partition coefficient (Wildman–Crippen LogP) is -0.955. The number of aromatic hydroxyl groups is 1. The van der Waals surface area contributed by atoms with Crippen LogP contribution in [0.1, 0.15) is 25.3 Å². The number of unbranched alkanes of at least 4 members (excludes halogenated alkanes) is 1. The molecule has 0 aliphatic carbocycles. The highest BCUT2D eigenvalue weighted by Crippen LogP contribution is 2.08. The van der Waals surface area contributed by atoms with Crippen molar-refractivity contribution in [3.05, 3.63) is 26.4 Å². The second-order valence-electron chi connectivity index (χ2n) is 3.74. The van der Waals surface area contributed by atoms with E-state index >= 15 is 0 Å². The Labute approximate surface area is 107 Å². The van der Waals surface area contributed by atoms with E-state index in [4.69, 9.17) is 5.73 Å². The van der Waals surface area contributed by atoms with E-state index in [-0.39, 0.29) is 12.1 Å². The molecule has 0 aliphatic rings. The summed E-state index contributed by atoms with van der Waals surface area (Å²) in [5.41, 5.74) is 4.94. The molecule has 9 heteroatoms. The lowest BCUT2D eigenvalue weighted by Gasteiger charge is -2.08. The first kappa shape index (κ1) is 14.5. The lowest BCUT2D eigenvalue weighted by atomic mass is 10.3. The maximum Gasteiger partial charge on any atom is 0.332 e. The molecule has 5 N–H and O–H groups in total. The summed E-state index contributed by atoms with van der Waals surface area (Å²) in [5, 5.41) is 13.2. The molecule has 0 saturated carbocycles. The molecule has 1 aromatic rings. The molecular weight excluding hydrogens is 254 g/mol. The van der Waals surface area contributed by atoms with E-state index in [1.54, 1.807) is 0 Å². The van der Waals surface area contributed by atoms with E-state index in [0.717, 1.165) is 17.2 Å². The van der Waals surface area contributed by atoms with Crippen LogP contribution in [0.2, 0.25) is 0 Å². The average molecular weight is 269 g/mol. The highest BCUT2D eigenvalue weighted by molar-refractivity contribution is 5.83. The third kappa shape index (κ3) is 3.69. The van der Waals surface area contributed by atoms with Gasteiger partial charge in [0.05, 0.1) is 6.21 Å². The molecule has 0 fully saturated rings. The molecule has 0 unspecified atom stereocenters. The lowest BCUT2D eigenvalue weighted by Crippen LogP contribution is -2.32. The second kappa shape index (κ2) is 6.38. The van der Waals surface area contributed by atoms with Crippen LogP contribution in [-0.2, 0) is 6.54 Å². The number of hydrazone groups is 1. The Balaban J connectivity index is 3.17. The van der Waals surface area contributed by atoms with E-state index in [1.807, 2.05) is 12.3 Å². The smallest absolute Gasteiger partial charge is 0.332 e. The number of carbonyl (C=O) groups is 1. The number of urea groups is 1. The zero-order chi connectivity index (χ0) is 14.4. The van der Waals surface area contributed by atoms with Crippen molar-refractivity contribution in [3.63, 3.8) is 0 Å². The molecule has 19 heavy (non-hydrogen) atoms. The highest BCUT2D eigenvalue weighted by atomic mass is 16.3. The molecule has 0 saturated heterocycles. The van der Waals surface area contributed by atoms with Gasteiger partial charge in [0.2, 0.25) is 5.88 Å². The second-order valence-corrected chi connectivity index (χ2v) is 3.74. The van der Waals surface area contributed by atoms with E-state index in [0.29, 0.717) is 6.42 Å². The van der Waals surface area contributed by atoms with Crippen LogP contribution in [-0.4, -0.2) is 26.9 Å².